The second-order valence-electron chi connectivity index (χ2n) is 7.15. The number of hydrogen-bond donors (Lipinski definition) is 1. The molecule has 2 saturated carbocycles. The summed E-state index contributed by atoms with van der Waals surface area (Å²) >= 11 is 0. The summed E-state index contributed by atoms with van der Waals surface area (Å²) in [7, 11) is 0. The highest BCUT2D eigenvalue weighted by Gasteiger charge is 2.55. The SMILES string of the molecule is CC1(C)CC1N1CCC(=O)NC2(CCCCC2)C1=O. The van der Waals surface area contributed by atoms with E-state index >= 15 is 0 Å². The molecule has 3 fully saturated rings. The van der Waals surface area contributed by atoms with Crippen LogP contribution in [0.25, 0.3) is 0 Å². The summed E-state index contributed by atoms with van der Waals surface area (Å²) < 4.78 is 0. The first-order valence-electron chi connectivity index (χ1n) is 7.57. The summed E-state index contributed by atoms with van der Waals surface area (Å²) in [6.45, 7) is 5.01. The van der Waals surface area contributed by atoms with Gasteiger partial charge in [-0.1, -0.05) is 33.1 Å². The van der Waals surface area contributed by atoms with Gasteiger partial charge >= 0.3 is 0 Å². The Bertz CT molecular complexity index is 410. The van der Waals surface area contributed by atoms with Crippen molar-refractivity contribution in [3.05, 3.63) is 0 Å². The van der Waals surface area contributed by atoms with E-state index in [1.165, 1.54) is 6.42 Å². The number of carbonyl (C=O) groups is 2. The molecule has 0 radical (unpaired) electrons. The molecule has 3 aliphatic rings. The van der Waals surface area contributed by atoms with Crippen molar-refractivity contribution in [1.29, 1.82) is 0 Å². The third-order valence-corrected chi connectivity index (χ3v) is 5.17. The summed E-state index contributed by atoms with van der Waals surface area (Å²) in [5, 5.41) is 3.05. The summed E-state index contributed by atoms with van der Waals surface area (Å²) in [5.41, 5.74) is -0.344. The molecule has 1 atom stereocenters. The first-order chi connectivity index (χ1) is 8.95. The fourth-order valence-corrected chi connectivity index (χ4v) is 3.74. The average Bonchev–Trinajstić information content (AvgIpc) is 3.00. The van der Waals surface area contributed by atoms with Crippen molar-refractivity contribution >= 4 is 11.8 Å². The summed E-state index contributed by atoms with van der Waals surface area (Å²) in [6, 6.07) is 0.339. The lowest BCUT2D eigenvalue weighted by Gasteiger charge is -2.38. The van der Waals surface area contributed by atoms with E-state index in [2.05, 4.69) is 19.2 Å². The molecular weight excluding hydrogens is 240 g/mol. The Hall–Kier alpha value is -1.06. The molecule has 1 N–H and O–H groups in total. The molecule has 1 saturated heterocycles. The van der Waals surface area contributed by atoms with Gasteiger partial charge in [-0.25, -0.2) is 0 Å². The first-order valence-corrected chi connectivity index (χ1v) is 7.57. The van der Waals surface area contributed by atoms with Gasteiger partial charge in [-0.05, 0) is 24.7 Å². The summed E-state index contributed by atoms with van der Waals surface area (Å²) in [4.78, 5) is 26.9. The Labute approximate surface area is 114 Å². The van der Waals surface area contributed by atoms with Gasteiger partial charge in [0.05, 0.1) is 0 Å². The Balaban J connectivity index is 1.86. The van der Waals surface area contributed by atoms with Crippen molar-refractivity contribution in [2.24, 2.45) is 5.41 Å². The maximum absolute atomic E-state index is 12.9. The van der Waals surface area contributed by atoms with Crippen LogP contribution in [0.2, 0.25) is 0 Å². The van der Waals surface area contributed by atoms with Gasteiger partial charge in [-0.15, -0.1) is 0 Å². The van der Waals surface area contributed by atoms with Gasteiger partial charge in [0.1, 0.15) is 5.54 Å². The van der Waals surface area contributed by atoms with E-state index in [0.717, 1.165) is 32.1 Å². The van der Waals surface area contributed by atoms with Gasteiger partial charge in [0.2, 0.25) is 11.8 Å². The zero-order valence-corrected chi connectivity index (χ0v) is 12.0. The number of rotatable bonds is 1. The van der Waals surface area contributed by atoms with Crippen molar-refractivity contribution in [2.75, 3.05) is 6.54 Å². The van der Waals surface area contributed by atoms with E-state index in [1.54, 1.807) is 0 Å². The lowest BCUT2D eigenvalue weighted by Crippen LogP contribution is -2.58. The monoisotopic (exact) mass is 264 g/mol. The van der Waals surface area contributed by atoms with Gasteiger partial charge in [-0.3, -0.25) is 9.59 Å². The first kappa shape index (κ1) is 12.9. The van der Waals surface area contributed by atoms with Gasteiger partial charge in [-0.2, -0.15) is 0 Å². The fraction of sp³-hybridized carbons (Fsp3) is 0.867. The van der Waals surface area contributed by atoms with Crippen molar-refractivity contribution in [1.82, 2.24) is 10.2 Å². The van der Waals surface area contributed by atoms with Crippen LogP contribution in [-0.2, 0) is 9.59 Å². The van der Waals surface area contributed by atoms with Crippen LogP contribution in [0, 0.1) is 5.41 Å². The highest BCUT2D eigenvalue weighted by atomic mass is 16.2. The lowest BCUT2D eigenvalue weighted by molar-refractivity contribution is -0.141. The molecule has 1 aliphatic heterocycles. The third-order valence-electron chi connectivity index (χ3n) is 5.17. The van der Waals surface area contributed by atoms with Crippen LogP contribution in [0.3, 0.4) is 0 Å². The smallest absolute Gasteiger partial charge is 0.248 e. The predicted molar refractivity (Wildman–Crippen MR) is 72.5 cm³/mol. The molecule has 1 spiro atoms. The predicted octanol–water partition coefficient (Wildman–Crippen LogP) is 1.84. The van der Waals surface area contributed by atoms with E-state index in [0.29, 0.717) is 19.0 Å². The van der Waals surface area contributed by atoms with Gasteiger partial charge < -0.3 is 10.2 Å². The van der Waals surface area contributed by atoms with E-state index in [-0.39, 0.29) is 17.2 Å². The standard InChI is InChI=1S/C15H24N2O2/c1-14(2)10-11(14)17-9-6-12(18)16-15(13(17)19)7-4-3-5-8-15/h11H,3-10H2,1-2H3,(H,16,18). The molecule has 0 aromatic rings. The van der Waals surface area contributed by atoms with E-state index < -0.39 is 5.54 Å². The second kappa shape index (κ2) is 4.22. The fourth-order valence-electron chi connectivity index (χ4n) is 3.74. The van der Waals surface area contributed by atoms with E-state index in [1.807, 2.05) is 4.90 Å². The minimum Gasteiger partial charge on any atom is -0.342 e. The third kappa shape index (κ3) is 2.15. The summed E-state index contributed by atoms with van der Waals surface area (Å²) in [5.74, 6) is 0.241. The molecule has 0 bridgehead atoms. The molecule has 0 aromatic carbocycles. The molecule has 0 aromatic heterocycles. The molecule has 106 valence electrons. The molecule has 2 amide bonds. The Morgan fingerprint density at radius 3 is 2.37 bits per heavy atom. The summed E-state index contributed by atoms with van der Waals surface area (Å²) in [6.07, 6.45) is 6.45. The van der Waals surface area contributed by atoms with Gasteiger partial charge in [0.25, 0.3) is 0 Å². The largest absolute Gasteiger partial charge is 0.342 e. The average molecular weight is 264 g/mol. The molecule has 3 rings (SSSR count). The number of carbonyl (C=O) groups excluding carboxylic acids is 2. The molecule has 19 heavy (non-hydrogen) atoms. The molecule has 2 aliphatic carbocycles. The van der Waals surface area contributed by atoms with Crippen LogP contribution in [0.5, 0.6) is 0 Å². The minimum absolute atomic E-state index is 0.0520. The number of nitrogens with zero attached hydrogens (tertiary/aromatic N) is 1. The van der Waals surface area contributed by atoms with Gasteiger partial charge in [0.15, 0.2) is 0 Å². The molecule has 1 heterocycles. The molecular formula is C15H24N2O2. The van der Waals surface area contributed by atoms with E-state index in [9.17, 15) is 9.59 Å². The van der Waals surface area contributed by atoms with Crippen molar-refractivity contribution < 1.29 is 9.59 Å². The van der Waals surface area contributed by atoms with Crippen LogP contribution in [0.15, 0.2) is 0 Å². The second-order valence-corrected chi connectivity index (χ2v) is 7.15. The van der Waals surface area contributed by atoms with Crippen molar-refractivity contribution in [3.63, 3.8) is 0 Å². The Kier molecular flexibility index (Phi) is 2.88. The van der Waals surface area contributed by atoms with Crippen LogP contribution in [0.1, 0.15) is 58.8 Å². The molecule has 4 heteroatoms. The molecule has 1 unspecified atom stereocenters. The van der Waals surface area contributed by atoms with Crippen molar-refractivity contribution in [3.8, 4) is 0 Å². The number of hydrogen-bond acceptors (Lipinski definition) is 2. The Morgan fingerprint density at radius 1 is 1.16 bits per heavy atom. The highest BCUT2D eigenvalue weighted by molar-refractivity contribution is 5.94. The van der Waals surface area contributed by atoms with Crippen LogP contribution >= 0.6 is 0 Å². The quantitative estimate of drug-likeness (QED) is 0.785. The van der Waals surface area contributed by atoms with Crippen LogP contribution < -0.4 is 5.32 Å². The van der Waals surface area contributed by atoms with Crippen molar-refractivity contribution in [2.45, 2.75) is 70.4 Å². The van der Waals surface area contributed by atoms with Crippen LogP contribution in [0.4, 0.5) is 0 Å². The number of amides is 2. The lowest BCUT2D eigenvalue weighted by atomic mass is 9.80. The molecule has 4 nitrogen and oxygen atoms in total. The van der Waals surface area contributed by atoms with Gasteiger partial charge in [0, 0.05) is 19.0 Å². The zero-order chi connectivity index (χ0) is 13.7. The number of nitrogens with one attached hydrogen (secondary N) is 1. The maximum atomic E-state index is 12.9. The van der Waals surface area contributed by atoms with E-state index in [4.69, 9.17) is 0 Å². The zero-order valence-electron chi connectivity index (χ0n) is 12.0. The highest BCUT2D eigenvalue weighted by Crippen LogP contribution is 2.50. The maximum Gasteiger partial charge on any atom is 0.248 e. The normalized spacial score (nSPS) is 32.9. The Morgan fingerprint density at radius 2 is 1.79 bits per heavy atom. The topological polar surface area (TPSA) is 49.4 Å². The minimum atomic E-state index is -0.579. The van der Waals surface area contributed by atoms with Crippen LogP contribution in [-0.4, -0.2) is 34.8 Å².